The number of alkyl halides is 3. The maximum Gasteiger partial charge on any atom is 0.420 e. The van der Waals surface area contributed by atoms with Crippen LogP contribution in [0, 0.1) is 11.8 Å². The molecule has 0 bridgehead atoms. The number of nitrogens with zero attached hydrogens (tertiary/aromatic N) is 2. The predicted molar refractivity (Wildman–Crippen MR) is 79.6 cm³/mol. The van der Waals surface area contributed by atoms with E-state index in [1.165, 1.54) is 7.11 Å². The number of hydrogen-bond donors (Lipinski definition) is 1. The van der Waals surface area contributed by atoms with Crippen molar-refractivity contribution >= 4 is 11.9 Å². The highest BCUT2D eigenvalue weighted by Gasteiger charge is 2.34. The monoisotopic (exact) mass is 335 g/mol. The molecule has 2 rings (SSSR count). The molecule has 2 aromatic rings. The largest absolute Gasteiger partial charge is 0.469 e. The van der Waals surface area contributed by atoms with Crippen molar-refractivity contribution in [3.8, 4) is 11.8 Å². The number of rotatable bonds is 2. The first-order valence-corrected chi connectivity index (χ1v) is 6.67. The van der Waals surface area contributed by atoms with Gasteiger partial charge in [0.2, 0.25) is 5.95 Å². The molecule has 124 valence electrons. The number of carbonyl (C=O) groups is 1. The molecule has 0 unspecified atom stereocenters. The molecule has 0 amide bonds. The fourth-order valence-corrected chi connectivity index (χ4v) is 1.85. The summed E-state index contributed by atoms with van der Waals surface area (Å²) in [6.45, 7) is 0. The number of nitrogen functional groups attached to an aromatic ring is 1. The van der Waals surface area contributed by atoms with E-state index in [1.807, 2.05) is 0 Å². The van der Waals surface area contributed by atoms with Gasteiger partial charge < -0.3 is 10.5 Å². The molecule has 0 atom stereocenters. The van der Waals surface area contributed by atoms with Gasteiger partial charge in [0.05, 0.1) is 13.5 Å². The topological polar surface area (TPSA) is 78.1 Å². The maximum absolute atomic E-state index is 13.0. The fourth-order valence-electron chi connectivity index (χ4n) is 1.85. The third-order valence-corrected chi connectivity index (χ3v) is 3.01. The molecule has 0 aliphatic heterocycles. The average molecular weight is 335 g/mol. The summed E-state index contributed by atoms with van der Waals surface area (Å²) < 4.78 is 43.4. The second-order valence-corrected chi connectivity index (χ2v) is 4.65. The molecule has 1 aromatic carbocycles. The van der Waals surface area contributed by atoms with Crippen molar-refractivity contribution in [1.29, 1.82) is 0 Å². The van der Waals surface area contributed by atoms with Gasteiger partial charge in [-0.15, -0.1) is 0 Å². The zero-order valence-corrected chi connectivity index (χ0v) is 12.5. The summed E-state index contributed by atoms with van der Waals surface area (Å²) in [6.07, 6.45) is -4.10. The van der Waals surface area contributed by atoms with Crippen molar-refractivity contribution < 1.29 is 22.7 Å². The number of ether oxygens (including phenoxy) is 1. The van der Waals surface area contributed by atoms with Crippen LogP contribution in [-0.2, 0) is 22.1 Å². The maximum atomic E-state index is 13.0. The summed E-state index contributed by atoms with van der Waals surface area (Å²) in [6, 6.07) is 6.57. The van der Waals surface area contributed by atoms with Crippen LogP contribution in [0.1, 0.15) is 22.4 Å². The Balaban J connectivity index is 2.45. The minimum atomic E-state index is -4.65. The zero-order chi connectivity index (χ0) is 17.7. The van der Waals surface area contributed by atoms with Crippen LogP contribution in [0.2, 0.25) is 0 Å². The van der Waals surface area contributed by atoms with Gasteiger partial charge in [-0.3, -0.25) is 4.79 Å². The number of anilines is 1. The van der Waals surface area contributed by atoms with Crippen molar-refractivity contribution in [3.05, 3.63) is 52.8 Å². The number of aromatic nitrogens is 2. The second-order valence-electron chi connectivity index (χ2n) is 4.65. The minimum absolute atomic E-state index is 0.0423. The lowest BCUT2D eigenvalue weighted by atomic mass is 10.0. The van der Waals surface area contributed by atoms with Crippen molar-refractivity contribution in [2.75, 3.05) is 12.8 Å². The first-order valence-electron chi connectivity index (χ1n) is 6.67. The van der Waals surface area contributed by atoms with Gasteiger partial charge in [0, 0.05) is 11.8 Å². The van der Waals surface area contributed by atoms with E-state index in [2.05, 4.69) is 26.5 Å². The van der Waals surface area contributed by atoms with Gasteiger partial charge in [-0.2, -0.15) is 13.2 Å². The highest BCUT2D eigenvalue weighted by atomic mass is 19.4. The molecule has 24 heavy (non-hydrogen) atoms. The number of halogens is 3. The molecule has 0 saturated carbocycles. The molecule has 0 radical (unpaired) electrons. The summed E-state index contributed by atoms with van der Waals surface area (Å²) >= 11 is 0. The zero-order valence-electron chi connectivity index (χ0n) is 12.5. The first-order chi connectivity index (χ1) is 11.3. The Morgan fingerprint density at radius 3 is 2.67 bits per heavy atom. The lowest BCUT2D eigenvalue weighted by molar-refractivity contribution is -0.140. The third-order valence-electron chi connectivity index (χ3n) is 3.01. The van der Waals surface area contributed by atoms with Gasteiger partial charge in [0.1, 0.15) is 11.3 Å². The minimum Gasteiger partial charge on any atom is -0.469 e. The first kappa shape index (κ1) is 17.3. The number of benzene rings is 1. The van der Waals surface area contributed by atoms with Crippen LogP contribution < -0.4 is 5.73 Å². The van der Waals surface area contributed by atoms with E-state index in [-0.39, 0.29) is 12.4 Å². The van der Waals surface area contributed by atoms with E-state index in [4.69, 9.17) is 5.73 Å². The molecule has 0 fully saturated rings. The Kier molecular flexibility index (Phi) is 5.04. The van der Waals surface area contributed by atoms with E-state index in [1.54, 1.807) is 24.3 Å². The fraction of sp³-hybridized carbons (Fsp3) is 0.188. The average Bonchev–Trinajstić information content (AvgIpc) is 2.52. The number of carbonyl (C=O) groups excluding carboxylic acids is 1. The Hall–Kier alpha value is -3.08. The summed E-state index contributed by atoms with van der Waals surface area (Å²) in [5.41, 5.74) is 4.67. The third kappa shape index (κ3) is 4.23. The summed E-state index contributed by atoms with van der Waals surface area (Å²) in [4.78, 5) is 18.3. The molecule has 1 aromatic heterocycles. The van der Waals surface area contributed by atoms with Gasteiger partial charge in [0.15, 0.2) is 0 Å². The number of hydrogen-bond acceptors (Lipinski definition) is 5. The van der Waals surface area contributed by atoms with E-state index in [0.717, 1.165) is 0 Å². The Morgan fingerprint density at radius 2 is 2.00 bits per heavy atom. The van der Waals surface area contributed by atoms with Crippen molar-refractivity contribution in [3.63, 3.8) is 0 Å². The standard InChI is InChI=1S/C16H12F3N3O2/c1-24-14(23)8-11-5-3-2-4-10(11)6-7-13-12(16(17,18)19)9-21-15(20)22-13/h2-5,9H,8H2,1H3,(H2,20,21,22). The van der Waals surface area contributed by atoms with E-state index < -0.39 is 23.4 Å². The number of esters is 1. The van der Waals surface area contributed by atoms with E-state index in [9.17, 15) is 18.0 Å². The lowest BCUT2D eigenvalue weighted by Gasteiger charge is -2.08. The predicted octanol–water partition coefficient (Wildman–Crippen LogP) is 2.19. The molecular formula is C16H12F3N3O2. The molecule has 5 nitrogen and oxygen atoms in total. The highest BCUT2D eigenvalue weighted by Crippen LogP contribution is 2.30. The van der Waals surface area contributed by atoms with Crippen LogP contribution in [-0.4, -0.2) is 23.0 Å². The Bertz CT molecular complexity index is 823. The van der Waals surface area contributed by atoms with Crippen LogP contribution in [0.5, 0.6) is 0 Å². The quantitative estimate of drug-likeness (QED) is 0.672. The van der Waals surface area contributed by atoms with Crippen LogP contribution in [0.3, 0.4) is 0 Å². The number of nitrogens with two attached hydrogens (primary N) is 1. The van der Waals surface area contributed by atoms with Gasteiger partial charge in [-0.1, -0.05) is 24.1 Å². The Labute approximate surface area is 135 Å². The molecule has 1 heterocycles. The van der Waals surface area contributed by atoms with Gasteiger partial charge in [-0.25, -0.2) is 9.97 Å². The summed E-state index contributed by atoms with van der Waals surface area (Å²) in [5.74, 6) is 4.16. The van der Waals surface area contributed by atoms with Gasteiger partial charge >= 0.3 is 12.1 Å². The lowest BCUT2D eigenvalue weighted by Crippen LogP contribution is -2.11. The number of methoxy groups -OCH3 is 1. The summed E-state index contributed by atoms with van der Waals surface area (Å²) in [5, 5.41) is 0. The summed E-state index contributed by atoms with van der Waals surface area (Å²) in [7, 11) is 1.25. The van der Waals surface area contributed by atoms with Crippen molar-refractivity contribution in [2.24, 2.45) is 0 Å². The van der Waals surface area contributed by atoms with Crippen molar-refractivity contribution in [2.45, 2.75) is 12.6 Å². The molecule has 0 aliphatic carbocycles. The molecule has 0 saturated heterocycles. The van der Waals surface area contributed by atoms with Crippen LogP contribution in [0.25, 0.3) is 0 Å². The van der Waals surface area contributed by atoms with Gasteiger partial charge in [0.25, 0.3) is 0 Å². The van der Waals surface area contributed by atoms with Crippen LogP contribution in [0.4, 0.5) is 19.1 Å². The molecular weight excluding hydrogens is 323 g/mol. The van der Waals surface area contributed by atoms with Crippen molar-refractivity contribution in [1.82, 2.24) is 9.97 Å². The van der Waals surface area contributed by atoms with Gasteiger partial charge in [-0.05, 0) is 17.6 Å². The molecule has 2 N–H and O–H groups in total. The van der Waals surface area contributed by atoms with E-state index >= 15 is 0 Å². The van der Waals surface area contributed by atoms with Crippen LogP contribution in [0.15, 0.2) is 30.5 Å². The SMILES string of the molecule is COC(=O)Cc1ccccc1C#Cc1nc(N)ncc1C(F)(F)F. The second kappa shape index (κ2) is 7.00. The van der Waals surface area contributed by atoms with E-state index in [0.29, 0.717) is 17.3 Å². The van der Waals surface area contributed by atoms with Crippen LogP contribution >= 0.6 is 0 Å². The molecule has 8 heteroatoms. The normalized spacial score (nSPS) is 10.7. The smallest absolute Gasteiger partial charge is 0.420 e. The highest BCUT2D eigenvalue weighted by molar-refractivity contribution is 5.73. The molecule has 0 aliphatic rings. The Morgan fingerprint density at radius 1 is 1.29 bits per heavy atom. The molecule has 0 spiro atoms.